The van der Waals surface area contributed by atoms with Crippen molar-refractivity contribution in [1.29, 1.82) is 0 Å². The third kappa shape index (κ3) is 46.0. The van der Waals surface area contributed by atoms with Crippen LogP contribution in [0.2, 0.25) is 0 Å². The second-order valence-corrected chi connectivity index (χ2v) is 15.4. The molecule has 0 saturated carbocycles. The molecular formula is C45H90BrNO6. The van der Waals surface area contributed by atoms with E-state index in [0.29, 0.717) is 46.2 Å². The lowest BCUT2D eigenvalue weighted by Crippen LogP contribution is -3.00. The van der Waals surface area contributed by atoms with Gasteiger partial charge in [-0.3, -0.25) is 0 Å². The van der Waals surface area contributed by atoms with E-state index >= 15 is 0 Å². The van der Waals surface area contributed by atoms with Crippen LogP contribution < -0.4 is 17.0 Å². The van der Waals surface area contributed by atoms with Crippen molar-refractivity contribution < 1.29 is 50.3 Å². The first-order valence-corrected chi connectivity index (χ1v) is 22.2. The number of hydrogen-bond donors (Lipinski definition) is 1. The van der Waals surface area contributed by atoms with Crippen LogP contribution in [0.4, 0.5) is 0 Å². The van der Waals surface area contributed by atoms with Gasteiger partial charge in [0.15, 0.2) is 0 Å². The summed E-state index contributed by atoms with van der Waals surface area (Å²) in [5.41, 5.74) is 0. The van der Waals surface area contributed by atoms with Crippen LogP contribution in [0.25, 0.3) is 0 Å². The van der Waals surface area contributed by atoms with Crippen molar-refractivity contribution in [3.05, 3.63) is 24.3 Å². The summed E-state index contributed by atoms with van der Waals surface area (Å²) < 4.78 is 30.1. The van der Waals surface area contributed by atoms with E-state index in [4.69, 9.17) is 28.8 Å². The van der Waals surface area contributed by atoms with Gasteiger partial charge in [-0.2, -0.15) is 0 Å². The summed E-state index contributed by atoms with van der Waals surface area (Å²) in [6.45, 7) is 12.0. The van der Waals surface area contributed by atoms with E-state index in [2.05, 4.69) is 52.2 Å². The Hall–Kier alpha value is -0.320. The highest BCUT2D eigenvalue weighted by molar-refractivity contribution is 4.81. The summed E-state index contributed by atoms with van der Waals surface area (Å²) in [6.07, 6.45) is 40.9. The lowest BCUT2D eigenvalue weighted by molar-refractivity contribution is -0.894. The van der Waals surface area contributed by atoms with Gasteiger partial charge in [0, 0.05) is 13.2 Å². The predicted octanol–water partition coefficient (Wildman–Crippen LogP) is 8.03. The molecule has 0 aromatic carbocycles. The van der Waals surface area contributed by atoms with Crippen LogP contribution in [0.15, 0.2) is 24.3 Å². The Morgan fingerprint density at radius 2 is 0.849 bits per heavy atom. The zero-order chi connectivity index (χ0) is 37.9. The number of halogens is 1. The maximum atomic E-state index is 8.76. The molecule has 0 fully saturated rings. The normalized spacial score (nSPS) is 12.7. The minimum Gasteiger partial charge on any atom is -1.00 e. The van der Waals surface area contributed by atoms with E-state index in [1.807, 2.05) is 0 Å². The summed E-state index contributed by atoms with van der Waals surface area (Å²) in [5.74, 6) is 0. The molecular weight excluding hydrogens is 730 g/mol. The molecule has 1 N–H and O–H groups in total. The number of ether oxygens (including phenoxy) is 5. The number of aliphatic hydroxyl groups excluding tert-OH is 1. The van der Waals surface area contributed by atoms with Crippen LogP contribution in [0.1, 0.15) is 168 Å². The van der Waals surface area contributed by atoms with Crippen LogP contribution in [0.3, 0.4) is 0 Å². The van der Waals surface area contributed by atoms with Gasteiger partial charge in [0.1, 0.15) is 19.2 Å². The fourth-order valence-corrected chi connectivity index (χ4v) is 6.25. The molecule has 318 valence electrons. The van der Waals surface area contributed by atoms with E-state index < -0.39 is 0 Å². The van der Waals surface area contributed by atoms with Crippen molar-refractivity contribution >= 4 is 0 Å². The average molecular weight is 821 g/mol. The quantitative estimate of drug-likeness (QED) is 0.0382. The second kappa shape index (κ2) is 46.1. The number of hydrogen-bond acceptors (Lipinski definition) is 6. The molecule has 1 unspecified atom stereocenters. The Balaban J connectivity index is 0. The highest BCUT2D eigenvalue weighted by atomic mass is 79.9. The Kier molecular flexibility index (Phi) is 47.6. The average Bonchev–Trinajstić information content (AvgIpc) is 3.13. The van der Waals surface area contributed by atoms with Crippen molar-refractivity contribution in [3.8, 4) is 0 Å². The van der Waals surface area contributed by atoms with Crippen LogP contribution in [0.5, 0.6) is 0 Å². The van der Waals surface area contributed by atoms with E-state index in [9.17, 15) is 0 Å². The summed E-state index contributed by atoms with van der Waals surface area (Å²) in [7, 11) is 4.53. The first kappa shape index (κ1) is 54.8. The van der Waals surface area contributed by atoms with Crippen LogP contribution >= 0.6 is 0 Å². The van der Waals surface area contributed by atoms with Gasteiger partial charge >= 0.3 is 0 Å². The van der Waals surface area contributed by atoms with E-state index in [1.54, 1.807) is 0 Å². The smallest absolute Gasteiger partial charge is 0.130 e. The number of unbranched alkanes of at least 4 members (excludes halogenated alkanes) is 20. The largest absolute Gasteiger partial charge is 1.00 e. The summed E-state index contributed by atoms with van der Waals surface area (Å²) in [5, 5.41) is 8.76. The van der Waals surface area contributed by atoms with Gasteiger partial charge < -0.3 is 50.3 Å². The predicted molar refractivity (Wildman–Crippen MR) is 222 cm³/mol. The Morgan fingerprint density at radius 1 is 0.453 bits per heavy atom. The molecule has 53 heavy (non-hydrogen) atoms. The Morgan fingerprint density at radius 3 is 1.32 bits per heavy atom. The van der Waals surface area contributed by atoms with Gasteiger partial charge in [-0.05, 0) is 51.4 Å². The van der Waals surface area contributed by atoms with Gasteiger partial charge in [-0.15, -0.1) is 0 Å². The molecule has 0 aromatic rings. The highest BCUT2D eigenvalue weighted by Gasteiger charge is 2.23. The van der Waals surface area contributed by atoms with Gasteiger partial charge in [-0.25, -0.2) is 0 Å². The molecule has 0 aromatic heterocycles. The number of aliphatic hydroxyl groups is 1. The highest BCUT2D eigenvalue weighted by Crippen LogP contribution is 2.13. The molecule has 0 aliphatic rings. The Labute approximate surface area is 340 Å². The summed E-state index contributed by atoms with van der Waals surface area (Å²) >= 11 is 0. The molecule has 0 aliphatic carbocycles. The fraction of sp³-hybridized carbons (Fsp3) is 0.911. The van der Waals surface area contributed by atoms with Crippen LogP contribution in [-0.2, 0) is 23.7 Å². The molecule has 0 saturated heterocycles. The number of allylic oxidation sites excluding steroid dienone is 4. The summed E-state index contributed by atoms with van der Waals surface area (Å²) in [6, 6.07) is 0. The van der Waals surface area contributed by atoms with Crippen molar-refractivity contribution in [2.24, 2.45) is 0 Å². The van der Waals surface area contributed by atoms with E-state index in [-0.39, 0.29) is 29.7 Å². The monoisotopic (exact) mass is 820 g/mol. The SMILES string of the molecule is CCCC/C=C\CCCCCCCCCCOCC(C[N+](C)(C)CCOCCOCCOCCO)OCCCCCCCCCC/C=C\CCCC.[Br-]. The van der Waals surface area contributed by atoms with Crippen molar-refractivity contribution in [2.45, 2.75) is 174 Å². The third-order valence-corrected chi connectivity index (χ3v) is 9.63. The van der Waals surface area contributed by atoms with Gasteiger partial charge in [0.05, 0.1) is 67.0 Å². The third-order valence-electron chi connectivity index (χ3n) is 9.63. The molecule has 0 bridgehead atoms. The lowest BCUT2D eigenvalue weighted by atomic mass is 10.1. The summed E-state index contributed by atoms with van der Waals surface area (Å²) in [4.78, 5) is 0. The van der Waals surface area contributed by atoms with Crippen molar-refractivity contribution in [2.75, 3.05) is 93.3 Å². The molecule has 0 amide bonds. The van der Waals surface area contributed by atoms with Crippen LogP contribution in [0, 0.1) is 0 Å². The molecule has 7 nitrogen and oxygen atoms in total. The van der Waals surface area contributed by atoms with Crippen LogP contribution in [-0.4, -0.2) is 109 Å². The van der Waals surface area contributed by atoms with Gasteiger partial charge in [0.25, 0.3) is 0 Å². The number of quaternary nitrogens is 1. The number of likely N-dealkylation sites (N-methyl/N-ethyl adjacent to an activating group) is 1. The van der Waals surface area contributed by atoms with Crippen molar-refractivity contribution in [3.63, 3.8) is 0 Å². The molecule has 0 spiro atoms. The van der Waals surface area contributed by atoms with E-state index in [0.717, 1.165) is 43.6 Å². The number of nitrogens with zero attached hydrogens (tertiary/aromatic N) is 1. The standard InChI is InChI=1S/C45H90NO6.BrH/c1-5-7-9-11-13-15-17-19-21-23-25-27-29-31-35-51-44-45(43-46(3,4)33-37-48-39-41-50-42-40-49-38-34-47)52-36-32-30-28-26-24-22-20-18-16-14-12-10-8-6-2;/h11-14,45,47H,5-10,15-44H2,1-4H3;1H/q+1;/p-1/b13-11-,14-12-;. The van der Waals surface area contributed by atoms with E-state index in [1.165, 1.54) is 141 Å². The second-order valence-electron chi connectivity index (χ2n) is 15.4. The first-order chi connectivity index (χ1) is 25.6. The zero-order valence-electron chi connectivity index (χ0n) is 35.7. The van der Waals surface area contributed by atoms with Gasteiger partial charge in [-0.1, -0.05) is 141 Å². The minimum atomic E-state index is 0. The number of rotatable bonds is 44. The molecule has 8 heteroatoms. The zero-order valence-corrected chi connectivity index (χ0v) is 37.2. The lowest BCUT2D eigenvalue weighted by Gasteiger charge is -2.33. The van der Waals surface area contributed by atoms with Crippen molar-refractivity contribution in [1.82, 2.24) is 0 Å². The molecule has 1 atom stereocenters. The Bertz CT molecular complexity index is 738. The fourth-order valence-electron chi connectivity index (χ4n) is 6.25. The molecule has 0 heterocycles. The first-order valence-electron chi connectivity index (χ1n) is 22.2. The topological polar surface area (TPSA) is 66.4 Å². The van der Waals surface area contributed by atoms with Gasteiger partial charge in [0.2, 0.25) is 0 Å². The molecule has 0 aliphatic heterocycles. The minimum absolute atomic E-state index is 0. The molecule has 0 radical (unpaired) electrons. The molecule has 0 rings (SSSR count). The maximum Gasteiger partial charge on any atom is 0.130 e. The maximum absolute atomic E-state index is 8.76.